The number of methoxy groups -OCH3 is 1. The van der Waals surface area contributed by atoms with Crippen molar-refractivity contribution in [1.29, 1.82) is 0 Å². The van der Waals surface area contributed by atoms with E-state index in [-0.39, 0.29) is 12.2 Å². The normalized spacial score (nSPS) is 11.3. The van der Waals surface area contributed by atoms with E-state index in [1.807, 2.05) is 18.2 Å². The number of ether oxygens (including phenoxy) is 2. The molecule has 0 bridgehead atoms. The Kier molecular flexibility index (Phi) is 7.02. The second-order valence-corrected chi connectivity index (χ2v) is 8.91. The number of halogens is 3. The Hall–Kier alpha value is -2.87. The van der Waals surface area contributed by atoms with Crippen LogP contribution in [0.3, 0.4) is 0 Å². The first-order chi connectivity index (χ1) is 15.9. The van der Waals surface area contributed by atoms with Crippen LogP contribution in [0.15, 0.2) is 69.0 Å². The van der Waals surface area contributed by atoms with E-state index in [1.54, 1.807) is 43.3 Å². The van der Waals surface area contributed by atoms with Crippen molar-refractivity contribution in [2.24, 2.45) is 5.10 Å². The summed E-state index contributed by atoms with van der Waals surface area (Å²) in [6.07, 6.45) is 1.51. The summed E-state index contributed by atoms with van der Waals surface area (Å²) in [5.41, 5.74) is 1.79. The summed E-state index contributed by atoms with van der Waals surface area (Å²) in [7, 11) is 1.53. The van der Waals surface area contributed by atoms with Crippen LogP contribution in [-0.2, 0) is 6.61 Å². The second-order valence-electron chi connectivity index (χ2n) is 7.12. The van der Waals surface area contributed by atoms with Crippen molar-refractivity contribution in [3.05, 3.63) is 96.4 Å². The summed E-state index contributed by atoms with van der Waals surface area (Å²) in [5, 5.41) is 5.93. The molecule has 4 aromatic rings. The largest absolute Gasteiger partial charge is 0.493 e. The van der Waals surface area contributed by atoms with Crippen LogP contribution in [0.25, 0.3) is 10.9 Å². The summed E-state index contributed by atoms with van der Waals surface area (Å²) in [6, 6.07) is 16.0. The average Bonchev–Trinajstić information content (AvgIpc) is 2.79. The molecule has 0 unspecified atom stereocenters. The van der Waals surface area contributed by atoms with Gasteiger partial charge in [0.05, 0.1) is 24.2 Å². The lowest BCUT2D eigenvalue weighted by atomic mass is 10.2. The van der Waals surface area contributed by atoms with E-state index in [2.05, 4.69) is 26.0 Å². The number of nitrogens with zero attached hydrogens (tertiary/aromatic N) is 3. The molecule has 4 rings (SSSR count). The highest BCUT2D eigenvalue weighted by Gasteiger charge is 2.13. The summed E-state index contributed by atoms with van der Waals surface area (Å²) in [6.45, 7) is 2.00. The Labute approximate surface area is 208 Å². The van der Waals surface area contributed by atoms with Gasteiger partial charge in [-0.15, -0.1) is 0 Å². The van der Waals surface area contributed by atoms with Crippen molar-refractivity contribution in [3.8, 4) is 11.5 Å². The third-order valence-electron chi connectivity index (χ3n) is 4.85. The van der Waals surface area contributed by atoms with Crippen LogP contribution in [0.4, 0.5) is 0 Å². The fourth-order valence-corrected chi connectivity index (χ4v) is 3.95. The monoisotopic (exact) mass is 545 g/mol. The quantitative estimate of drug-likeness (QED) is 0.268. The minimum absolute atomic E-state index is 0.278. The van der Waals surface area contributed by atoms with Crippen LogP contribution < -0.4 is 15.0 Å². The van der Waals surface area contributed by atoms with Gasteiger partial charge in [-0.05, 0) is 48.9 Å². The Morgan fingerprint density at radius 1 is 1.09 bits per heavy atom. The van der Waals surface area contributed by atoms with Gasteiger partial charge in [-0.25, -0.2) is 4.98 Å². The SMILES string of the molecule is COc1cc(Cl)cc(C=Nn2c(C)nc3ccc(Br)cc3c2=O)c1OCc1ccc(Cl)cc1. The molecule has 0 saturated heterocycles. The lowest BCUT2D eigenvalue weighted by molar-refractivity contribution is 0.284. The summed E-state index contributed by atoms with van der Waals surface area (Å²) < 4.78 is 13.5. The van der Waals surface area contributed by atoms with Gasteiger partial charge in [-0.3, -0.25) is 4.79 Å². The molecule has 0 N–H and O–H groups in total. The highest BCUT2D eigenvalue weighted by Crippen LogP contribution is 2.34. The summed E-state index contributed by atoms with van der Waals surface area (Å²) in [4.78, 5) is 17.5. The predicted octanol–water partition coefficient (Wildman–Crippen LogP) is 6.24. The van der Waals surface area contributed by atoms with Crippen LogP contribution in [-0.4, -0.2) is 23.0 Å². The predicted molar refractivity (Wildman–Crippen MR) is 135 cm³/mol. The first-order valence-corrected chi connectivity index (χ1v) is 11.4. The lowest BCUT2D eigenvalue weighted by Gasteiger charge is -2.14. The van der Waals surface area contributed by atoms with Crippen LogP contribution in [0.5, 0.6) is 11.5 Å². The molecule has 0 atom stereocenters. The Balaban J connectivity index is 1.74. The van der Waals surface area contributed by atoms with Crippen molar-refractivity contribution in [1.82, 2.24) is 9.66 Å². The fourth-order valence-electron chi connectivity index (χ4n) is 3.24. The molecule has 0 radical (unpaired) electrons. The van der Waals surface area contributed by atoms with Crippen molar-refractivity contribution in [2.75, 3.05) is 7.11 Å². The molecule has 0 fully saturated rings. The minimum Gasteiger partial charge on any atom is -0.493 e. The first-order valence-electron chi connectivity index (χ1n) is 9.84. The fraction of sp³-hybridized carbons (Fsp3) is 0.125. The molecule has 0 aliphatic rings. The third kappa shape index (κ3) is 5.21. The molecule has 0 spiro atoms. The van der Waals surface area contributed by atoms with Gasteiger partial charge in [0.25, 0.3) is 5.56 Å². The molecule has 0 aliphatic heterocycles. The van der Waals surface area contributed by atoms with Gasteiger partial charge in [0, 0.05) is 26.1 Å². The van der Waals surface area contributed by atoms with Gasteiger partial charge in [0.2, 0.25) is 0 Å². The molecular formula is C24H18BrCl2N3O3. The van der Waals surface area contributed by atoms with Gasteiger partial charge < -0.3 is 9.47 Å². The third-order valence-corrected chi connectivity index (χ3v) is 5.81. The first kappa shape index (κ1) is 23.3. The zero-order valence-corrected chi connectivity index (χ0v) is 20.8. The van der Waals surface area contributed by atoms with Gasteiger partial charge in [-0.2, -0.15) is 9.78 Å². The zero-order valence-electron chi connectivity index (χ0n) is 17.7. The number of fused-ring (bicyclic) bond motifs is 1. The van der Waals surface area contributed by atoms with E-state index < -0.39 is 0 Å². The van der Waals surface area contributed by atoms with Crippen LogP contribution in [0.2, 0.25) is 10.0 Å². The second kappa shape index (κ2) is 9.95. The number of rotatable bonds is 6. The molecule has 0 saturated carbocycles. The molecule has 1 aromatic heterocycles. The van der Waals surface area contributed by atoms with Gasteiger partial charge in [0.15, 0.2) is 11.5 Å². The van der Waals surface area contributed by atoms with E-state index in [0.717, 1.165) is 10.0 Å². The number of aryl methyl sites for hydroxylation is 1. The van der Waals surface area contributed by atoms with Gasteiger partial charge in [0.1, 0.15) is 12.4 Å². The molecule has 33 heavy (non-hydrogen) atoms. The molecule has 6 nitrogen and oxygen atoms in total. The number of hydrogen-bond donors (Lipinski definition) is 0. The highest BCUT2D eigenvalue weighted by atomic mass is 79.9. The van der Waals surface area contributed by atoms with Crippen molar-refractivity contribution in [3.63, 3.8) is 0 Å². The smallest absolute Gasteiger partial charge is 0.282 e. The van der Waals surface area contributed by atoms with Crippen molar-refractivity contribution in [2.45, 2.75) is 13.5 Å². The van der Waals surface area contributed by atoms with Gasteiger partial charge >= 0.3 is 0 Å². The molecule has 9 heteroatoms. The molecule has 0 aliphatic carbocycles. The summed E-state index contributed by atoms with van der Waals surface area (Å²) in [5.74, 6) is 1.34. The Bertz CT molecular complexity index is 1420. The van der Waals surface area contributed by atoms with Crippen LogP contribution in [0.1, 0.15) is 17.0 Å². The maximum Gasteiger partial charge on any atom is 0.282 e. The molecule has 1 heterocycles. The maximum atomic E-state index is 13.0. The van der Waals surface area contributed by atoms with Crippen molar-refractivity contribution < 1.29 is 9.47 Å². The van der Waals surface area contributed by atoms with E-state index in [4.69, 9.17) is 32.7 Å². The minimum atomic E-state index is -0.285. The van der Waals surface area contributed by atoms with E-state index >= 15 is 0 Å². The standard InChI is InChI=1S/C24H18BrCl2N3O3/c1-14-29-21-8-5-17(25)10-20(21)24(31)30(14)28-12-16-9-19(27)11-22(32-2)23(16)33-13-15-3-6-18(26)7-4-15/h3-12H,13H2,1-2H3. The number of aromatic nitrogens is 2. The highest BCUT2D eigenvalue weighted by molar-refractivity contribution is 9.10. The van der Waals surface area contributed by atoms with E-state index in [1.165, 1.54) is 18.0 Å². The number of benzene rings is 3. The van der Waals surface area contributed by atoms with E-state index in [0.29, 0.717) is 43.8 Å². The van der Waals surface area contributed by atoms with Gasteiger partial charge in [-0.1, -0.05) is 51.3 Å². The lowest BCUT2D eigenvalue weighted by Crippen LogP contribution is -2.20. The molecule has 168 valence electrons. The average molecular weight is 547 g/mol. The Morgan fingerprint density at radius 2 is 1.85 bits per heavy atom. The zero-order chi connectivity index (χ0) is 23.5. The molecule has 3 aromatic carbocycles. The Morgan fingerprint density at radius 3 is 2.58 bits per heavy atom. The van der Waals surface area contributed by atoms with Crippen molar-refractivity contribution >= 4 is 56.2 Å². The van der Waals surface area contributed by atoms with Crippen LogP contribution >= 0.6 is 39.1 Å². The maximum absolute atomic E-state index is 13.0. The molecular weight excluding hydrogens is 529 g/mol. The van der Waals surface area contributed by atoms with E-state index in [9.17, 15) is 4.79 Å². The molecule has 0 amide bonds. The van der Waals surface area contributed by atoms with Crippen LogP contribution in [0, 0.1) is 6.92 Å². The number of hydrogen-bond acceptors (Lipinski definition) is 5. The topological polar surface area (TPSA) is 65.7 Å². The summed E-state index contributed by atoms with van der Waals surface area (Å²) >= 11 is 15.6.